The van der Waals surface area contributed by atoms with Crippen molar-refractivity contribution in [3.8, 4) is 5.69 Å². The van der Waals surface area contributed by atoms with E-state index < -0.39 is 0 Å². The number of nitrogens with zero attached hydrogens (tertiary/aromatic N) is 5. The predicted octanol–water partition coefficient (Wildman–Crippen LogP) is 3.07. The summed E-state index contributed by atoms with van der Waals surface area (Å²) in [6.07, 6.45) is 1.47. The number of benzene rings is 2. The summed E-state index contributed by atoms with van der Waals surface area (Å²) in [7, 11) is 0. The second-order valence-electron chi connectivity index (χ2n) is 6.62. The van der Waals surface area contributed by atoms with E-state index in [0.29, 0.717) is 17.1 Å². The second-order valence-corrected chi connectivity index (χ2v) is 7.56. The first-order valence-corrected chi connectivity index (χ1v) is 10.0. The molecule has 28 heavy (non-hydrogen) atoms. The number of carbonyl (C=O) groups excluding carboxylic acids is 2. The van der Waals surface area contributed by atoms with Gasteiger partial charge >= 0.3 is 0 Å². The van der Waals surface area contributed by atoms with Crippen LogP contribution in [0.4, 0.5) is 5.69 Å². The Kier molecular flexibility index (Phi) is 5.21. The molecule has 0 saturated carbocycles. The molecule has 1 aliphatic heterocycles. The molecule has 7 nitrogen and oxygen atoms in total. The molecular weight excluding hydrogens is 374 g/mol. The minimum atomic E-state index is -0.0110. The van der Waals surface area contributed by atoms with Crippen molar-refractivity contribution in [2.24, 2.45) is 0 Å². The highest BCUT2D eigenvalue weighted by Gasteiger charge is 2.21. The van der Waals surface area contributed by atoms with Gasteiger partial charge in [-0.3, -0.25) is 9.59 Å². The maximum atomic E-state index is 12.6. The number of rotatable bonds is 6. The number of aryl methyl sites for hydroxylation is 1. The quantitative estimate of drug-likeness (QED) is 0.473. The van der Waals surface area contributed by atoms with Gasteiger partial charge < -0.3 is 4.90 Å². The molecule has 2 aromatic carbocycles. The van der Waals surface area contributed by atoms with Crippen molar-refractivity contribution in [1.29, 1.82) is 0 Å². The van der Waals surface area contributed by atoms with Crippen LogP contribution in [0.3, 0.4) is 0 Å². The largest absolute Gasteiger partial charge is 0.312 e. The molecule has 1 amide bonds. The van der Waals surface area contributed by atoms with E-state index in [4.69, 9.17) is 0 Å². The second kappa shape index (κ2) is 7.93. The van der Waals surface area contributed by atoms with Crippen molar-refractivity contribution >= 4 is 29.1 Å². The molecule has 2 heterocycles. The SMILES string of the molecule is Cc1cccc(-n2nnnc2SCC(=O)c2ccc(N3CCCC3=O)cc2)c1. The molecule has 0 atom stereocenters. The Bertz CT molecular complexity index is 1020. The molecule has 0 N–H and O–H groups in total. The molecule has 142 valence electrons. The summed E-state index contributed by atoms with van der Waals surface area (Å²) in [4.78, 5) is 26.2. The number of Topliss-reactive ketones (excluding diaryl/α,β-unsaturated/α-hetero) is 1. The Balaban J connectivity index is 1.43. The van der Waals surface area contributed by atoms with Gasteiger partial charge in [0, 0.05) is 24.2 Å². The third-order valence-corrected chi connectivity index (χ3v) is 5.51. The lowest BCUT2D eigenvalue weighted by molar-refractivity contribution is -0.117. The fourth-order valence-electron chi connectivity index (χ4n) is 3.15. The molecule has 4 rings (SSSR count). The van der Waals surface area contributed by atoms with E-state index >= 15 is 0 Å². The smallest absolute Gasteiger partial charge is 0.227 e. The van der Waals surface area contributed by atoms with Crippen molar-refractivity contribution in [2.75, 3.05) is 17.2 Å². The molecule has 1 aromatic heterocycles. The number of amides is 1. The maximum Gasteiger partial charge on any atom is 0.227 e. The highest BCUT2D eigenvalue weighted by Crippen LogP contribution is 2.23. The summed E-state index contributed by atoms with van der Waals surface area (Å²) in [6, 6.07) is 15.1. The Morgan fingerprint density at radius 2 is 1.96 bits per heavy atom. The Hall–Kier alpha value is -3.00. The van der Waals surface area contributed by atoms with Crippen LogP contribution in [0, 0.1) is 6.92 Å². The average molecular weight is 393 g/mol. The van der Waals surface area contributed by atoms with E-state index in [1.54, 1.807) is 21.7 Å². The van der Waals surface area contributed by atoms with Crippen molar-refractivity contribution in [3.63, 3.8) is 0 Å². The molecule has 0 bridgehead atoms. The molecule has 0 unspecified atom stereocenters. The standard InChI is InChI=1S/C20H19N5O2S/c1-14-4-2-5-17(12-14)25-20(21-22-23-25)28-13-18(26)15-7-9-16(10-8-15)24-11-3-6-19(24)27/h2,4-5,7-10,12H,3,6,11,13H2,1H3. The van der Waals surface area contributed by atoms with Crippen LogP contribution < -0.4 is 4.90 Å². The number of tetrazole rings is 1. The van der Waals surface area contributed by atoms with Crippen molar-refractivity contribution in [2.45, 2.75) is 24.9 Å². The van der Waals surface area contributed by atoms with Crippen LogP contribution in [-0.2, 0) is 4.79 Å². The zero-order chi connectivity index (χ0) is 19.5. The normalized spacial score (nSPS) is 13.9. The van der Waals surface area contributed by atoms with Gasteiger partial charge in [-0.25, -0.2) is 0 Å². The van der Waals surface area contributed by atoms with Crippen LogP contribution in [0.1, 0.15) is 28.8 Å². The number of thioether (sulfide) groups is 1. The highest BCUT2D eigenvalue weighted by atomic mass is 32.2. The maximum absolute atomic E-state index is 12.6. The van der Waals surface area contributed by atoms with Gasteiger partial charge in [0.25, 0.3) is 0 Å². The lowest BCUT2D eigenvalue weighted by Crippen LogP contribution is -2.23. The zero-order valence-corrected chi connectivity index (χ0v) is 16.2. The first-order chi connectivity index (χ1) is 13.6. The molecule has 1 saturated heterocycles. The molecule has 1 aliphatic rings. The number of anilines is 1. The van der Waals surface area contributed by atoms with Crippen LogP contribution in [0.2, 0.25) is 0 Å². The third-order valence-electron chi connectivity index (χ3n) is 4.59. The topological polar surface area (TPSA) is 81.0 Å². The van der Waals surface area contributed by atoms with Crippen LogP contribution in [0.25, 0.3) is 5.69 Å². The fraction of sp³-hybridized carbons (Fsp3) is 0.250. The number of hydrogen-bond acceptors (Lipinski definition) is 6. The number of carbonyl (C=O) groups is 2. The minimum absolute atomic E-state index is 0.0110. The number of ketones is 1. The van der Waals surface area contributed by atoms with Crippen molar-refractivity contribution < 1.29 is 9.59 Å². The molecule has 8 heteroatoms. The molecule has 0 radical (unpaired) electrons. The molecule has 0 aliphatic carbocycles. The summed E-state index contributed by atoms with van der Waals surface area (Å²) >= 11 is 1.30. The van der Waals surface area contributed by atoms with Crippen LogP contribution in [-0.4, -0.2) is 44.2 Å². The van der Waals surface area contributed by atoms with Gasteiger partial charge in [0.2, 0.25) is 11.1 Å². The highest BCUT2D eigenvalue weighted by molar-refractivity contribution is 7.99. The fourth-order valence-corrected chi connectivity index (χ4v) is 3.94. The molecule has 3 aromatic rings. The zero-order valence-electron chi connectivity index (χ0n) is 15.4. The van der Waals surface area contributed by atoms with E-state index in [1.165, 1.54) is 11.8 Å². The van der Waals surface area contributed by atoms with Crippen molar-refractivity contribution in [3.05, 3.63) is 59.7 Å². The Morgan fingerprint density at radius 1 is 1.14 bits per heavy atom. The molecule has 1 fully saturated rings. The van der Waals surface area contributed by atoms with Gasteiger partial charge in [-0.2, -0.15) is 4.68 Å². The summed E-state index contributed by atoms with van der Waals surface area (Å²) in [5.41, 5.74) is 3.42. The molecule has 0 spiro atoms. The van der Waals surface area contributed by atoms with E-state index in [2.05, 4.69) is 15.5 Å². The number of hydrogen-bond donors (Lipinski definition) is 0. The minimum Gasteiger partial charge on any atom is -0.312 e. The van der Waals surface area contributed by atoms with Gasteiger partial charge in [-0.05, 0) is 65.7 Å². The van der Waals surface area contributed by atoms with E-state index in [0.717, 1.165) is 29.9 Å². The summed E-state index contributed by atoms with van der Waals surface area (Å²) in [5.74, 6) is 0.356. The number of aromatic nitrogens is 4. The van der Waals surface area contributed by atoms with Gasteiger partial charge in [0.05, 0.1) is 11.4 Å². The van der Waals surface area contributed by atoms with E-state index in [1.807, 2.05) is 43.3 Å². The summed E-state index contributed by atoms with van der Waals surface area (Å²) < 4.78 is 1.63. The summed E-state index contributed by atoms with van der Waals surface area (Å²) in [6.45, 7) is 2.74. The lowest BCUT2D eigenvalue weighted by Gasteiger charge is -2.15. The van der Waals surface area contributed by atoms with Gasteiger partial charge in [0.15, 0.2) is 5.78 Å². The van der Waals surface area contributed by atoms with E-state index in [-0.39, 0.29) is 17.4 Å². The van der Waals surface area contributed by atoms with E-state index in [9.17, 15) is 9.59 Å². The van der Waals surface area contributed by atoms with Crippen LogP contribution in [0.15, 0.2) is 53.7 Å². The average Bonchev–Trinajstić information content (AvgIpc) is 3.35. The predicted molar refractivity (Wildman–Crippen MR) is 107 cm³/mol. The van der Waals surface area contributed by atoms with Crippen LogP contribution >= 0.6 is 11.8 Å². The first kappa shape index (κ1) is 18.4. The third kappa shape index (κ3) is 3.82. The van der Waals surface area contributed by atoms with Gasteiger partial charge in [-0.1, -0.05) is 23.9 Å². The van der Waals surface area contributed by atoms with Gasteiger partial charge in [0.1, 0.15) is 0 Å². The lowest BCUT2D eigenvalue weighted by atomic mass is 10.1. The Morgan fingerprint density at radius 3 is 2.68 bits per heavy atom. The monoisotopic (exact) mass is 393 g/mol. The molecular formula is C20H19N5O2S. The Labute approximate surface area is 166 Å². The summed E-state index contributed by atoms with van der Waals surface area (Å²) in [5, 5.41) is 12.4. The van der Waals surface area contributed by atoms with Crippen molar-refractivity contribution in [1.82, 2.24) is 20.2 Å². The van der Waals surface area contributed by atoms with Crippen LogP contribution in [0.5, 0.6) is 0 Å². The van der Waals surface area contributed by atoms with Gasteiger partial charge in [-0.15, -0.1) is 5.10 Å². The first-order valence-electron chi connectivity index (χ1n) is 9.04.